The van der Waals surface area contributed by atoms with E-state index in [0.717, 1.165) is 17.1 Å². The zero-order valence-corrected chi connectivity index (χ0v) is 21.6. The fourth-order valence-electron chi connectivity index (χ4n) is 6.63. The Kier molecular flexibility index (Phi) is 4.36. The normalized spacial score (nSPS) is 12.2. The molecule has 1 aliphatic heterocycles. The lowest BCUT2D eigenvalue weighted by atomic mass is 9.90. The second kappa shape index (κ2) is 8.08. The maximum Gasteiger partial charge on any atom is 0.135 e. The van der Waals surface area contributed by atoms with Crippen LogP contribution < -0.4 is 4.74 Å². The molecule has 0 spiro atoms. The van der Waals surface area contributed by atoms with Crippen molar-refractivity contribution in [3.05, 3.63) is 140 Å². The standard InChI is InChI=1S/C38H23NO/c1-2-9-26(10-3-1)39-34-15-6-4-11-29(34)33-20-18-25-23-24(17-19-28(25)38(33)39)27-21-22-36-37-31(27)13-8-14-32(37)30-12-5-7-16-35(30)40-36/h1-23H. The number of aromatic nitrogens is 1. The molecule has 1 aromatic heterocycles. The molecule has 0 aliphatic carbocycles. The van der Waals surface area contributed by atoms with Gasteiger partial charge in [0.15, 0.2) is 0 Å². The zero-order valence-electron chi connectivity index (χ0n) is 21.6. The van der Waals surface area contributed by atoms with E-state index in [4.69, 9.17) is 4.74 Å². The molecule has 0 atom stereocenters. The highest BCUT2D eigenvalue weighted by Crippen LogP contribution is 2.48. The molecule has 0 N–H and O–H groups in total. The van der Waals surface area contributed by atoms with E-state index in [0.29, 0.717) is 0 Å². The van der Waals surface area contributed by atoms with Crippen LogP contribution in [0.3, 0.4) is 0 Å². The zero-order chi connectivity index (χ0) is 26.2. The minimum atomic E-state index is 0.916. The Morgan fingerprint density at radius 1 is 0.450 bits per heavy atom. The van der Waals surface area contributed by atoms with Gasteiger partial charge in [-0.1, -0.05) is 103 Å². The van der Waals surface area contributed by atoms with Crippen LogP contribution in [-0.2, 0) is 0 Å². The molecule has 40 heavy (non-hydrogen) atoms. The number of hydrogen-bond acceptors (Lipinski definition) is 1. The molecule has 0 saturated carbocycles. The van der Waals surface area contributed by atoms with Gasteiger partial charge in [-0.05, 0) is 63.9 Å². The van der Waals surface area contributed by atoms with Crippen LogP contribution in [0.25, 0.3) is 71.3 Å². The molecule has 0 saturated heterocycles. The molecule has 0 radical (unpaired) electrons. The SMILES string of the molecule is c1ccc(-n2c3ccccc3c3ccc4cc(-c5ccc6c7c(cccc57)-c5ccccc5O6)ccc4c32)cc1. The van der Waals surface area contributed by atoms with Gasteiger partial charge in [0.25, 0.3) is 0 Å². The topological polar surface area (TPSA) is 14.2 Å². The van der Waals surface area contributed by atoms with Gasteiger partial charge in [0.05, 0.1) is 11.0 Å². The Hall–Kier alpha value is -5.34. The van der Waals surface area contributed by atoms with Crippen LogP contribution in [0, 0.1) is 0 Å². The number of fused-ring (bicyclic) bond motifs is 7. The second-order valence-electron chi connectivity index (χ2n) is 10.5. The van der Waals surface area contributed by atoms with E-state index in [1.807, 2.05) is 12.1 Å². The summed E-state index contributed by atoms with van der Waals surface area (Å²) < 4.78 is 8.75. The van der Waals surface area contributed by atoms with Gasteiger partial charge in [-0.2, -0.15) is 0 Å². The van der Waals surface area contributed by atoms with E-state index in [2.05, 4.69) is 132 Å². The molecular formula is C38H23NO. The highest BCUT2D eigenvalue weighted by molar-refractivity contribution is 6.19. The van der Waals surface area contributed by atoms with Crippen molar-refractivity contribution >= 4 is 43.4 Å². The van der Waals surface area contributed by atoms with Crippen molar-refractivity contribution in [1.82, 2.24) is 4.57 Å². The Labute approximate surface area is 231 Å². The van der Waals surface area contributed by atoms with Crippen molar-refractivity contribution in [3.8, 4) is 39.4 Å². The van der Waals surface area contributed by atoms with E-state index in [1.165, 1.54) is 65.7 Å². The summed E-state index contributed by atoms with van der Waals surface area (Å²) in [4.78, 5) is 0. The first-order valence-electron chi connectivity index (χ1n) is 13.7. The van der Waals surface area contributed by atoms with Gasteiger partial charge < -0.3 is 9.30 Å². The quantitative estimate of drug-likeness (QED) is 0.226. The number of para-hydroxylation sites is 3. The second-order valence-corrected chi connectivity index (χ2v) is 10.5. The van der Waals surface area contributed by atoms with Crippen molar-refractivity contribution in [1.29, 1.82) is 0 Å². The van der Waals surface area contributed by atoms with E-state index in [1.54, 1.807) is 0 Å². The fraction of sp³-hybridized carbons (Fsp3) is 0. The Morgan fingerprint density at radius 2 is 1.23 bits per heavy atom. The average Bonchev–Trinajstić information content (AvgIpc) is 3.36. The van der Waals surface area contributed by atoms with E-state index >= 15 is 0 Å². The van der Waals surface area contributed by atoms with Gasteiger partial charge in [-0.25, -0.2) is 0 Å². The van der Waals surface area contributed by atoms with Crippen LogP contribution in [0.15, 0.2) is 140 Å². The number of rotatable bonds is 2. The predicted octanol–water partition coefficient (Wildman–Crippen LogP) is 10.5. The van der Waals surface area contributed by atoms with E-state index < -0.39 is 0 Å². The van der Waals surface area contributed by atoms with Crippen LogP contribution in [0.2, 0.25) is 0 Å². The minimum Gasteiger partial charge on any atom is -0.456 e. The van der Waals surface area contributed by atoms with Crippen molar-refractivity contribution in [2.24, 2.45) is 0 Å². The van der Waals surface area contributed by atoms with Gasteiger partial charge >= 0.3 is 0 Å². The Morgan fingerprint density at radius 3 is 2.17 bits per heavy atom. The third-order valence-electron chi connectivity index (χ3n) is 8.38. The van der Waals surface area contributed by atoms with Crippen LogP contribution in [-0.4, -0.2) is 4.57 Å². The number of ether oxygens (including phenoxy) is 1. The molecular weight excluding hydrogens is 486 g/mol. The lowest BCUT2D eigenvalue weighted by Gasteiger charge is -2.22. The molecule has 0 bridgehead atoms. The molecule has 8 aromatic rings. The smallest absolute Gasteiger partial charge is 0.135 e. The molecule has 1 aliphatic rings. The number of nitrogens with zero attached hydrogens (tertiary/aromatic N) is 1. The highest BCUT2D eigenvalue weighted by atomic mass is 16.5. The average molecular weight is 510 g/mol. The number of benzene rings is 7. The monoisotopic (exact) mass is 509 g/mol. The maximum absolute atomic E-state index is 6.34. The molecule has 9 rings (SSSR count). The van der Waals surface area contributed by atoms with Crippen molar-refractivity contribution < 1.29 is 4.74 Å². The molecule has 2 heterocycles. The lowest BCUT2D eigenvalue weighted by Crippen LogP contribution is -1.97. The summed E-state index contributed by atoms with van der Waals surface area (Å²) in [5, 5.41) is 7.42. The van der Waals surface area contributed by atoms with E-state index in [9.17, 15) is 0 Å². The summed E-state index contributed by atoms with van der Waals surface area (Å²) in [5.41, 5.74) is 8.45. The maximum atomic E-state index is 6.34. The molecule has 7 aromatic carbocycles. The van der Waals surface area contributed by atoms with Crippen LogP contribution >= 0.6 is 0 Å². The van der Waals surface area contributed by atoms with E-state index in [-0.39, 0.29) is 0 Å². The largest absolute Gasteiger partial charge is 0.456 e. The first kappa shape index (κ1) is 21.6. The number of hydrogen-bond donors (Lipinski definition) is 0. The van der Waals surface area contributed by atoms with Gasteiger partial charge in [0.1, 0.15) is 11.5 Å². The summed E-state index contributed by atoms with van der Waals surface area (Å²) in [6.07, 6.45) is 0. The van der Waals surface area contributed by atoms with Gasteiger partial charge in [-0.15, -0.1) is 0 Å². The Balaban J connectivity index is 1.30. The third kappa shape index (κ3) is 2.93. The van der Waals surface area contributed by atoms with Crippen molar-refractivity contribution in [3.63, 3.8) is 0 Å². The van der Waals surface area contributed by atoms with Crippen molar-refractivity contribution in [2.45, 2.75) is 0 Å². The van der Waals surface area contributed by atoms with Crippen LogP contribution in [0.4, 0.5) is 0 Å². The first-order valence-corrected chi connectivity index (χ1v) is 13.7. The lowest BCUT2D eigenvalue weighted by molar-refractivity contribution is 0.487. The first-order chi connectivity index (χ1) is 19.8. The highest BCUT2D eigenvalue weighted by Gasteiger charge is 2.21. The third-order valence-corrected chi connectivity index (χ3v) is 8.38. The summed E-state index contributed by atoms with van der Waals surface area (Å²) in [6.45, 7) is 0. The molecule has 0 fully saturated rings. The van der Waals surface area contributed by atoms with Gasteiger partial charge in [-0.3, -0.25) is 0 Å². The predicted molar refractivity (Wildman–Crippen MR) is 167 cm³/mol. The van der Waals surface area contributed by atoms with Gasteiger partial charge in [0.2, 0.25) is 0 Å². The summed E-state index contributed by atoms with van der Waals surface area (Å²) in [6, 6.07) is 50.1. The molecule has 2 heteroatoms. The molecule has 0 amide bonds. The van der Waals surface area contributed by atoms with Crippen LogP contribution in [0.5, 0.6) is 11.5 Å². The summed E-state index contributed by atoms with van der Waals surface area (Å²) in [7, 11) is 0. The summed E-state index contributed by atoms with van der Waals surface area (Å²) >= 11 is 0. The Bertz CT molecular complexity index is 2290. The molecule has 2 nitrogen and oxygen atoms in total. The van der Waals surface area contributed by atoms with Crippen molar-refractivity contribution in [2.75, 3.05) is 0 Å². The van der Waals surface area contributed by atoms with Gasteiger partial charge in [0, 0.05) is 32.8 Å². The molecule has 0 unspecified atom stereocenters. The van der Waals surface area contributed by atoms with Crippen LogP contribution in [0.1, 0.15) is 0 Å². The summed E-state index contributed by atoms with van der Waals surface area (Å²) in [5.74, 6) is 1.83. The fourth-order valence-corrected chi connectivity index (χ4v) is 6.63. The minimum absolute atomic E-state index is 0.916. The molecule has 186 valence electrons.